The molecule has 2 fully saturated rings. The minimum atomic E-state index is -1.56. The number of rotatable bonds is 15. The molecule has 1 aromatic carbocycles. The van der Waals surface area contributed by atoms with Crippen molar-refractivity contribution >= 4 is 23.5 Å². The zero-order valence-electron chi connectivity index (χ0n) is 33.0. The number of unbranched alkanes of at least 4 members (excludes halogenated alkanes) is 1. The van der Waals surface area contributed by atoms with E-state index in [1.807, 2.05) is 60.7 Å². The van der Waals surface area contributed by atoms with Gasteiger partial charge in [0.15, 0.2) is 12.4 Å². The predicted molar refractivity (Wildman–Crippen MR) is 210 cm³/mol. The molecule has 300 valence electrons. The molecule has 0 unspecified atom stereocenters. The summed E-state index contributed by atoms with van der Waals surface area (Å²) in [5.74, 6) is -0.970. The summed E-state index contributed by atoms with van der Waals surface area (Å²) in [6.45, 7) is 5.38. The van der Waals surface area contributed by atoms with Crippen LogP contribution in [0, 0.1) is 29.1 Å². The molecule has 0 bridgehead atoms. The SMILES string of the molecule is CC(=O)O[C@H](/C=C/[C@@H]1[C@@H](C/C=C\CCCC(=O)OCC(=O)[C@]2(O)CC/C=C3\[C@@H](CCC4=CC(=O)CC[C@@]43C)[C@@H](C)CC2)[C@@H](O)C[C@H]1O)CCc1ccccc1. The van der Waals surface area contributed by atoms with Crippen molar-refractivity contribution in [2.45, 2.75) is 141 Å². The summed E-state index contributed by atoms with van der Waals surface area (Å²) in [7, 11) is 0. The Kier molecular flexibility index (Phi) is 15.0. The summed E-state index contributed by atoms with van der Waals surface area (Å²) in [6, 6.07) is 9.96. The molecule has 5 rings (SSSR count). The molecule has 0 heterocycles. The number of allylic oxidation sites excluding steroid dienone is 6. The number of Topliss-reactive ketones (excluding diaryl/α,β-unsaturated/α-hetero) is 1. The van der Waals surface area contributed by atoms with E-state index in [-0.39, 0.29) is 54.2 Å². The topological polar surface area (TPSA) is 147 Å². The molecule has 0 radical (unpaired) electrons. The number of ether oxygens (including phenoxy) is 2. The monoisotopic (exact) mass is 758 g/mol. The lowest BCUT2D eigenvalue weighted by Crippen LogP contribution is -2.42. The van der Waals surface area contributed by atoms with Gasteiger partial charge in [0.25, 0.3) is 0 Å². The maximum absolute atomic E-state index is 13.3. The Hall–Kier alpha value is -3.66. The van der Waals surface area contributed by atoms with E-state index in [1.165, 1.54) is 18.1 Å². The van der Waals surface area contributed by atoms with Crippen LogP contribution in [0.25, 0.3) is 0 Å². The van der Waals surface area contributed by atoms with E-state index in [0.717, 1.165) is 31.2 Å². The van der Waals surface area contributed by atoms with Crippen LogP contribution in [0.1, 0.15) is 116 Å². The number of hydrogen-bond donors (Lipinski definition) is 3. The van der Waals surface area contributed by atoms with Crippen molar-refractivity contribution in [2.24, 2.45) is 29.1 Å². The van der Waals surface area contributed by atoms with Crippen LogP contribution in [0.4, 0.5) is 0 Å². The van der Waals surface area contributed by atoms with Crippen molar-refractivity contribution in [3.63, 3.8) is 0 Å². The van der Waals surface area contributed by atoms with Crippen molar-refractivity contribution < 1.29 is 44.0 Å². The summed E-state index contributed by atoms with van der Waals surface area (Å²) in [6.07, 6.45) is 18.4. The second-order valence-electron chi connectivity index (χ2n) is 16.7. The number of hydrogen-bond acceptors (Lipinski definition) is 9. The van der Waals surface area contributed by atoms with Gasteiger partial charge in [-0.25, -0.2) is 0 Å². The van der Waals surface area contributed by atoms with E-state index in [0.29, 0.717) is 57.3 Å². The van der Waals surface area contributed by atoms with Gasteiger partial charge in [-0.05, 0) is 113 Å². The van der Waals surface area contributed by atoms with Gasteiger partial charge in [0, 0.05) is 37.5 Å². The Bertz CT molecular complexity index is 1620. The third kappa shape index (κ3) is 11.2. The summed E-state index contributed by atoms with van der Waals surface area (Å²) >= 11 is 0. The van der Waals surface area contributed by atoms with E-state index in [4.69, 9.17) is 9.47 Å². The highest BCUT2D eigenvalue weighted by Gasteiger charge is 2.46. The Morgan fingerprint density at radius 1 is 1.02 bits per heavy atom. The molecule has 0 aliphatic heterocycles. The number of benzene rings is 1. The van der Waals surface area contributed by atoms with Crippen LogP contribution in [-0.4, -0.2) is 69.3 Å². The molecule has 0 saturated heterocycles. The molecule has 9 atom stereocenters. The lowest BCUT2D eigenvalue weighted by atomic mass is 9.57. The molecule has 4 aliphatic rings. The molecule has 4 aliphatic carbocycles. The number of aryl methyl sites for hydroxylation is 1. The molecule has 9 heteroatoms. The summed E-state index contributed by atoms with van der Waals surface area (Å²) in [5.41, 5.74) is 2.03. The Morgan fingerprint density at radius 3 is 2.56 bits per heavy atom. The van der Waals surface area contributed by atoms with E-state index in [9.17, 15) is 34.5 Å². The molecule has 1 aromatic rings. The van der Waals surface area contributed by atoms with Crippen molar-refractivity contribution in [2.75, 3.05) is 6.61 Å². The third-order valence-electron chi connectivity index (χ3n) is 12.9. The maximum atomic E-state index is 13.3. The van der Waals surface area contributed by atoms with E-state index < -0.39 is 42.3 Å². The Balaban J connectivity index is 1.05. The van der Waals surface area contributed by atoms with Crippen LogP contribution in [0.3, 0.4) is 0 Å². The molecule has 9 nitrogen and oxygen atoms in total. The van der Waals surface area contributed by atoms with E-state index >= 15 is 0 Å². The Labute approximate surface area is 327 Å². The molecule has 3 N–H and O–H groups in total. The number of carbonyl (C=O) groups is 4. The van der Waals surface area contributed by atoms with Crippen molar-refractivity contribution in [1.82, 2.24) is 0 Å². The molecule has 0 spiro atoms. The second kappa shape index (κ2) is 19.5. The lowest BCUT2D eigenvalue weighted by Gasteiger charge is -2.47. The van der Waals surface area contributed by atoms with Gasteiger partial charge in [-0.1, -0.05) is 79.6 Å². The van der Waals surface area contributed by atoms with Gasteiger partial charge >= 0.3 is 11.9 Å². The summed E-state index contributed by atoms with van der Waals surface area (Å²) in [4.78, 5) is 49.9. The average molecular weight is 759 g/mol. The van der Waals surface area contributed by atoms with Crippen LogP contribution < -0.4 is 0 Å². The largest absolute Gasteiger partial charge is 0.458 e. The van der Waals surface area contributed by atoms with Gasteiger partial charge in [0.2, 0.25) is 5.78 Å². The first kappa shape index (κ1) is 42.5. The molecule has 2 saturated carbocycles. The van der Waals surface area contributed by atoms with Gasteiger partial charge in [0.05, 0.1) is 12.2 Å². The van der Waals surface area contributed by atoms with E-state index in [1.54, 1.807) is 0 Å². The molecule has 0 aromatic heterocycles. The fourth-order valence-corrected chi connectivity index (χ4v) is 9.43. The first-order valence-corrected chi connectivity index (χ1v) is 20.6. The standard InChI is InChI=1S/C46H62O9/c1-31-23-27-46(53,25-11-15-40-37(31)21-18-34-28-35(48)24-26-45(34,40)3)43(51)30-54-44(52)16-10-5-4-9-14-38-39(42(50)29-41(38)49)22-20-36(55-32(2)47)19-17-33-12-7-6-8-13-33/h4,6-9,12-13,15,20,22,28,31,36-39,41-42,49-50,53H,5,10-11,14,16-19,21,23-27,29-30H2,1-3H3/b9-4-,22-20+,40-15+/t31-,36-,37-,38+,39+,41-,42+,45-,46-/m0/s1. The number of aliphatic hydroxyl groups excluding tert-OH is 2. The second-order valence-corrected chi connectivity index (χ2v) is 16.7. The van der Waals surface area contributed by atoms with Crippen LogP contribution in [0.2, 0.25) is 0 Å². The normalized spacial score (nSPS) is 32.7. The van der Waals surface area contributed by atoms with Crippen LogP contribution in [0.5, 0.6) is 0 Å². The van der Waals surface area contributed by atoms with Crippen molar-refractivity contribution in [3.8, 4) is 0 Å². The maximum Gasteiger partial charge on any atom is 0.306 e. The quantitative estimate of drug-likeness (QED) is 0.0955. The van der Waals surface area contributed by atoms with E-state index in [2.05, 4.69) is 19.9 Å². The summed E-state index contributed by atoms with van der Waals surface area (Å²) < 4.78 is 10.9. The van der Waals surface area contributed by atoms with Crippen molar-refractivity contribution in [1.29, 1.82) is 0 Å². The summed E-state index contributed by atoms with van der Waals surface area (Å²) in [5, 5.41) is 33.0. The van der Waals surface area contributed by atoms with Crippen LogP contribution in [-0.2, 0) is 35.1 Å². The molecular formula is C46H62O9. The first-order chi connectivity index (χ1) is 26.3. The van der Waals surface area contributed by atoms with Crippen molar-refractivity contribution in [3.05, 3.63) is 83.5 Å². The number of esters is 2. The average Bonchev–Trinajstić information content (AvgIpc) is 3.45. The number of carbonyl (C=O) groups excluding carboxylic acids is 4. The van der Waals surface area contributed by atoms with Crippen LogP contribution in [0.15, 0.2) is 77.9 Å². The highest BCUT2D eigenvalue weighted by atomic mass is 16.5. The minimum Gasteiger partial charge on any atom is -0.458 e. The highest BCUT2D eigenvalue weighted by Crippen LogP contribution is 2.55. The third-order valence-corrected chi connectivity index (χ3v) is 12.9. The van der Waals surface area contributed by atoms with Gasteiger partial charge in [-0.2, -0.15) is 0 Å². The van der Waals surface area contributed by atoms with Gasteiger partial charge in [-0.15, -0.1) is 0 Å². The highest BCUT2D eigenvalue weighted by molar-refractivity contribution is 5.92. The smallest absolute Gasteiger partial charge is 0.306 e. The number of fused-ring (bicyclic) bond motifs is 3. The molecule has 0 amide bonds. The molecule has 55 heavy (non-hydrogen) atoms. The lowest BCUT2D eigenvalue weighted by molar-refractivity contribution is -0.155. The Morgan fingerprint density at radius 2 is 1.80 bits per heavy atom. The first-order valence-electron chi connectivity index (χ1n) is 20.6. The van der Waals surface area contributed by atoms with Gasteiger partial charge in [-0.3, -0.25) is 19.2 Å². The fraction of sp³-hybridized carbons (Fsp3) is 0.609. The molecular weight excluding hydrogens is 696 g/mol. The van der Waals surface area contributed by atoms with Crippen LogP contribution >= 0.6 is 0 Å². The zero-order chi connectivity index (χ0) is 39.6. The number of ketones is 2. The number of aliphatic hydroxyl groups is 3. The minimum absolute atomic E-state index is 0.133. The fourth-order valence-electron chi connectivity index (χ4n) is 9.43. The zero-order valence-corrected chi connectivity index (χ0v) is 33.0. The van der Waals surface area contributed by atoms with Gasteiger partial charge < -0.3 is 24.8 Å². The predicted octanol–water partition coefficient (Wildman–Crippen LogP) is 7.27. The van der Waals surface area contributed by atoms with Gasteiger partial charge in [0.1, 0.15) is 11.7 Å².